The number of anilines is 1. The van der Waals surface area contributed by atoms with E-state index in [1.165, 1.54) is 12.1 Å². The molecule has 29 heavy (non-hydrogen) atoms. The fourth-order valence-corrected chi connectivity index (χ4v) is 5.72. The van der Waals surface area contributed by atoms with E-state index in [1.54, 1.807) is 35.2 Å². The number of fused-ring (bicyclic) bond motifs is 1. The molecule has 1 aliphatic carbocycles. The molecule has 1 saturated carbocycles. The van der Waals surface area contributed by atoms with Crippen LogP contribution >= 0.6 is 11.6 Å². The molecule has 1 aromatic heterocycles. The molecule has 0 N–H and O–H groups in total. The van der Waals surface area contributed by atoms with Crippen molar-refractivity contribution >= 4 is 38.3 Å². The number of alkyl halides is 2. The maximum absolute atomic E-state index is 14.0. The van der Waals surface area contributed by atoms with Crippen LogP contribution in [0.2, 0.25) is 5.02 Å². The average molecular weight is 438 g/mol. The highest BCUT2D eigenvalue weighted by Crippen LogP contribution is 2.59. The molecule has 1 spiro atoms. The lowest BCUT2D eigenvalue weighted by Gasteiger charge is -2.60. The van der Waals surface area contributed by atoms with E-state index in [2.05, 4.69) is 5.10 Å². The van der Waals surface area contributed by atoms with E-state index >= 15 is 0 Å². The zero-order valence-corrected chi connectivity index (χ0v) is 17.1. The molecule has 0 atom stereocenters. The lowest BCUT2D eigenvalue weighted by atomic mass is 9.60. The fourth-order valence-electron chi connectivity index (χ4n) is 4.19. The van der Waals surface area contributed by atoms with Gasteiger partial charge in [-0.25, -0.2) is 8.78 Å². The Kier molecular flexibility index (Phi) is 3.84. The molecule has 2 fully saturated rings. The Morgan fingerprint density at radius 1 is 1.07 bits per heavy atom. The molecule has 2 aliphatic rings. The van der Waals surface area contributed by atoms with Gasteiger partial charge in [-0.3, -0.25) is 0 Å². The predicted octanol–water partition coefficient (Wildman–Crippen LogP) is 4.47. The summed E-state index contributed by atoms with van der Waals surface area (Å²) in [6.45, 7) is 2.15. The van der Waals surface area contributed by atoms with Gasteiger partial charge in [-0.15, -0.1) is 5.10 Å². The van der Waals surface area contributed by atoms with Crippen molar-refractivity contribution in [3.63, 3.8) is 0 Å². The Morgan fingerprint density at radius 3 is 2.34 bits per heavy atom. The van der Waals surface area contributed by atoms with E-state index in [-0.39, 0.29) is 24.4 Å². The van der Waals surface area contributed by atoms with Crippen LogP contribution < -0.4 is 4.90 Å². The highest BCUT2D eigenvalue weighted by atomic mass is 35.5. The van der Waals surface area contributed by atoms with Gasteiger partial charge in [0.05, 0.1) is 26.2 Å². The lowest BCUT2D eigenvalue weighted by molar-refractivity contribution is -0.212. The first-order valence-corrected chi connectivity index (χ1v) is 11.1. The summed E-state index contributed by atoms with van der Waals surface area (Å²) in [7, 11) is -3.97. The zero-order valence-electron chi connectivity index (χ0n) is 15.6. The molecule has 1 aliphatic heterocycles. The molecule has 1 saturated heterocycles. The van der Waals surface area contributed by atoms with Gasteiger partial charge >= 0.3 is 0 Å². The molecule has 5 rings (SSSR count). The summed E-state index contributed by atoms with van der Waals surface area (Å²) in [6.07, 6.45) is 0.364. The van der Waals surface area contributed by atoms with Crippen LogP contribution in [-0.2, 0) is 10.0 Å². The quantitative estimate of drug-likeness (QED) is 0.606. The highest BCUT2D eigenvalue weighted by Gasteiger charge is 2.67. The van der Waals surface area contributed by atoms with Gasteiger partial charge in [0.2, 0.25) is 0 Å². The minimum atomic E-state index is -3.97. The van der Waals surface area contributed by atoms with Crippen molar-refractivity contribution in [1.82, 2.24) is 9.19 Å². The minimum Gasteiger partial charge on any atom is -0.353 e. The molecule has 152 valence electrons. The fraction of sp³-hybridized carbons (Fsp3) is 0.350. The Balaban J connectivity index is 1.62. The van der Waals surface area contributed by atoms with Crippen molar-refractivity contribution in [1.29, 1.82) is 0 Å². The van der Waals surface area contributed by atoms with Crippen LogP contribution in [0.1, 0.15) is 18.4 Å². The van der Waals surface area contributed by atoms with E-state index in [4.69, 9.17) is 11.6 Å². The van der Waals surface area contributed by atoms with Gasteiger partial charge in [0.25, 0.3) is 15.9 Å². The van der Waals surface area contributed by atoms with Crippen molar-refractivity contribution in [3.8, 4) is 0 Å². The van der Waals surface area contributed by atoms with E-state index in [0.29, 0.717) is 28.2 Å². The molecule has 0 bridgehead atoms. The topological polar surface area (TPSA) is 55.2 Å². The second-order valence-corrected chi connectivity index (χ2v) is 10.1. The Labute approximate surface area is 171 Å². The number of rotatable bonds is 3. The van der Waals surface area contributed by atoms with Crippen molar-refractivity contribution in [2.75, 3.05) is 18.0 Å². The molecule has 5 nitrogen and oxygen atoms in total. The predicted molar refractivity (Wildman–Crippen MR) is 107 cm³/mol. The summed E-state index contributed by atoms with van der Waals surface area (Å²) in [5, 5.41) is 5.14. The summed E-state index contributed by atoms with van der Waals surface area (Å²) >= 11 is 6.37. The molecular weight excluding hydrogens is 420 g/mol. The number of nitrogens with zero attached hydrogens (tertiary/aromatic N) is 3. The molecule has 2 aromatic carbocycles. The number of halogens is 3. The molecule has 0 radical (unpaired) electrons. The summed E-state index contributed by atoms with van der Waals surface area (Å²) < 4.78 is 55.4. The third kappa shape index (κ3) is 2.55. The molecule has 0 unspecified atom stereocenters. The van der Waals surface area contributed by atoms with Crippen LogP contribution in [0.15, 0.2) is 47.4 Å². The van der Waals surface area contributed by atoms with Gasteiger partial charge in [-0.1, -0.05) is 35.4 Å². The van der Waals surface area contributed by atoms with Crippen LogP contribution in [0.3, 0.4) is 0 Å². The number of aryl methyl sites for hydroxylation is 1. The van der Waals surface area contributed by atoms with Gasteiger partial charge in [-0.2, -0.15) is 12.5 Å². The Hall–Kier alpha value is -2.19. The maximum atomic E-state index is 14.0. The van der Waals surface area contributed by atoms with Gasteiger partial charge in [-0.05, 0) is 37.6 Å². The van der Waals surface area contributed by atoms with E-state index in [0.717, 1.165) is 9.65 Å². The third-order valence-corrected chi connectivity index (χ3v) is 8.05. The maximum Gasteiger partial charge on any atom is 0.283 e. The van der Waals surface area contributed by atoms with Crippen LogP contribution in [0.25, 0.3) is 10.9 Å². The van der Waals surface area contributed by atoms with Gasteiger partial charge in [0, 0.05) is 19.5 Å². The lowest BCUT2D eigenvalue weighted by Crippen LogP contribution is -2.70. The van der Waals surface area contributed by atoms with Gasteiger partial charge < -0.3 is 4.90 Å². The largest absolute Gasteiger partial charge is 0.353 e. The van der Waals surface area contributed by atoms with Crippen LogP contribution in [0.4, 0.5) is 14.6 Å². The first-order valence-electron chi connectivity index (χ1n) is 9.27. The van der Waals surface area contributed by atoms with Crippen LogP contribution in [-0.4, -0.2) is 36.6 Å². The van der Waals surface area contributed by atoms with Crippen LogP contribution in [0, 0.1) is 12.3 Å². The third-order valence-electron chi connectivity index (χ3n) is 6.13. The number of aromatic nitrogens is 2. The zero-order chi connectivity index (χ0) is 20.6. The van der Waals surface area contributed by atoms with Crippen molar-refractivity contribution in [2.45, 2.75) is 30.6 Å². The minimum absolute atomic E-state index is 0.0986. The number of hydrogen-bond donors (Lipinski definition) is 0. The summed E-state index contributed by atoms with van der Waals surface area (Å²) in [6, 6.07) is 11.4. The molecular formula is C20H18ClF2N3O2S. The first kappa shape index (κ1) is 18.8. The summed E-state index contributed by atoms with van der Waals surface area (Å²) in [5.41, 5.74) is 0.236. The second-order valence-electron chi connectivity index (χ2n) is 7.96. The Morgan fingerprint density at radius 2 is 1.76 bits per heavy atom. The van der Waals surface area contributed by atoms with Gasteiger partial charge in [0.15, 0.2) is 5.82 Å². The number of benzene rings is 2. The number of hydrogen-bond acceptors (Lipinski definition) is 4. The normalized spacial score (nSPS) is 19.9. The van der Waals surface area contributed by atoms with Crippen molar-refractivity contribution < 1.29 is 17.2 Å². The van der Waals surface area contributed by atoms with E-state index in [9.17, 15) is 17.2 Å². The summed E-state index contributed by atoms with van der Waals surface area (Å²) in [4.78, 5) is 1.80. The Bertz CT molecular complexity index is 1230. The second kappa shape index (κ2) is 5.92. The smallest absolute Gasteiger partial charge is 0.283 e. The average Bonchev–Trinajstić information content (AvgIpc) is 3.02. The van der Waals surface area contributed by atoms with Crippen molar-refractivity contribution in [2.24, 2.45) is 5.41 Å². The molecule has 2 heterocycles. The van der Waals surface area contributed by atoms with Crippen molar-refractivity contribution in [3.05, 3.63) is 53.1 Å². The highest BCUT2D eigenvalue weighted by molar-refractivity contribution is 7.90. The van der Waals surface area contributed by atoms with E-state index < -0.39 is 21.4 Å². The molecule has 0 amide bonds. The monoisotopic (exact) mass is 437 g/mol. The van der Waals surface area contributed by atoms with E-state index in [1.807, 2.05) is 6.92 Å². The standard InChI is InChI=1S/C20H18ClF2N3O2S/c1-13-5-7-14(8-6-13)29(27,28)26-16-4-2-3-15(21)17(16)18(24-26)25-11-19(12-25)9-10-20(19,22)23/h2-8H,9-12H2,1H3. The SMILES string of the molecule is Cc1ccc(S(=O)(=O)n2nc(N3CC4(CCC4(F)F)C3)c3c(Cl)cccc32)cc1. The molecule has 9 heteroatoms. The first-order chi connectivity index (χ1) is 13.6. The van der Waals surface area contributed by atoms with Crippen LogP contribution in [0.5, 0.6) is 0 Å². The molecule has 3 aromatic rings. The summed E-state index contributed by atoms with van der Waals surface area (Å²) in [5.74, 6) is -2.35. The van der Waals surface area contributed by atoms with Gasteiger partial charge in [0.1, 0.15) is 0 Å².